The number of nitrogens with zero attached hydrogens (tertiary/aromatic N) is 3. The van der Waals surface area contributed by atoms with Crippen LogP contribution >= 0.6 is 0 Å². The second kappa shape index (κ2) is 9.03. The molecule has 0 radical (unpaired) electrons. The standard InChI is InChI=1S/C24H27N3O2/c1-2-21(19-9-5-3-6-10-19)24(28)27-15-13-18(14-16-27)17-22-25-26-23(29-22)20-11-7-4-8-12-20/h3-12,18,21H,2,13-17H2,1H3/t21-/m1/s1. The van der Waals surface area contributed by atoms with Gasteiger partial charge in [-0.15, -0.1) is 10.2 Å². The van der Waals surface area contributed by atoms with Crippen LogP contribution in [-0.2, 0) is 11.2 Å². The van der Waals surface area contributed by atoms with Crippen LogP contribution in [0.2, 0.25) is 0 Å². The van der Waals surface area contributed by atoms with Crippen molar-refractivity contribution < 1.29 is 9.21 Å². The van der Waals surface area contributed by atoms with E-state index >= 15 is 0 Å². The van der Waals surface area contributed by atoms with E-state index in [0.29, 0.717) is 17.7 Å². The van der Waals surface area contributed by atoms with Crippen LogP contribution in [0.4, 0.5) is 0 Å². The lowest BCUT2D eigenvalue weighted by molar-refractivity contribution is -0.134. The Bertz CT molecular complexity index is 916. The number of amides is 1. The minimum atomic E-state index is -0.0443. The molecule has 150 valence electrons. The normalized spacial score (nSPS) is 16.0. The van der Waals surface area contributed by atoms with Crippen LogP contribution in [-0.4, -0.2) is 34.1 Å². The maximum absolute atomic E-state index is 13.0. The van der Waals surface area contributed by atoms with Gasteiger partial charge in [0.1, 0.15) is 0 Å². The van der Waals surface area contributed by atoms with Crippen molar-refractivity contribution in [2.75, 3.05) is 13.1 Å². The molecule has 1 aliphatic rings. The lowest BCUT2D eigenvalue weighted by Crippen LogP contribution is -2.41. The SMILES string of the molecule is CC[C@@H](C(=O)N1CCC(Cc2nnc(-c3ccccc3)o2)CC1)c1ccccc1. The number of piperidine rings is 1. The molecule has 0 aliphatic carbocycles. The van der Waals surface area contributed by atoms with E-state index in [9.17, 15) is 4.79 Å². The van der Waals surface area contributed by atoms with Crippen molar-refractivity contribution in [1.29, 1.82) is 0 Å². The van der Waals surface area contributed by atoms with Crippen LogP contribution in [0.15, 0.2) is 65.1 Å². The van der Waals surface area contributed by atoms with Crippen LogP contribution in [0.5, 0.6) is 0 Å². The first-order valence-corrected chi connectivity index (χ1v) is 10.5. The molecule has 1 aromatic heterocycles. The van der Waals surface area contributed by atoms with E-state index in [-0.39, 0.29) is 11.8 Å². The predicted octanol–water partition coefficient (Wildman–Crippen LogP) is 4.71. The van der Waals surface area contributed by atoms with Crippen molar-refractivity contribution >= 4 is 5.91 Å². The average Bonchev–Trinajstić information content (AvgIpc) is 3.25. The van der Waals surface area contributed by atoms with Crippen molar-refractivity contribution in [2.24, 2.45) is 5.92 Å². The number of hydrogen-bond donors (Lipinski definition) is 0. The molecule has 1 atom stereocenters. The lowest BCUT2D eigenvalue weighted by atomic mass is 9.90. The zero-order valence-electron chi connectivity index (χ0n) is 16.8. The topological polar surface area (TPSA) is 59.2 Å². The molecule has 3 aromatic rings. The Hall–Kier alpha value is -2.95. The number of aromatic nitrogens is 2. The zero-order valence-corrected chi connectivity index (χ0v) is 16.8. The van der Waals surface area contributed by atoms with E-state index in [1.165, 1.54) is 0 Å². The van der Waals surface area contributed by atoms with Gasteiger partial charge < -0.3 is 9.32 Å². The van der Waals surface area contributed by atoms with E-state index in [4.69, 9.17) is 4.42 Å². The van der Waals surface area contributed by atoms with Crippen molar-refractivity contribution in [3.05, 3.63) is 72.1 Å². The minimum absolute atomic E-state index is 0.0443. The second-order valence-corrected chi connectivity index (χ2v) is 7.71. The summed E-state index contributed by atoms with van der Waals surface area (Å²) in [6.45, 7) is 3.68. The molecule has 29 heavy (non-hydrogen) atoms. The molecule has 5 nitrogen and oxygen atoms in total. The minimum Gasteiger partial charge on any atom is -0.421 e. The van der Waals surface area contributed by atoms with Crippen molar-refractivity contribution in [3.8, 4) is 11.5 Å². The fourth-order valence-corrected chi connectivity index (χ4v) is 4.10. The van der Waals surface area contributed by atoms with E-state index in [2.05, 4.69) is 29.3 Å². The summed E-state index contributed by atoms with van der Waals surface area (Å²) in [4.78, 5) is 15.1. The summed E-state index contributed by atoms with van der Waals surface area (Å²) in [5.74, 6) is 1.93. The Morgan fingerprint density at radius 1 is 1.03 bits per heavy atom. The van der Waals surface area contributed by atoms with Gasteiger partial charge >= 0.3 is 0 Å². The molecule has 4 rings (SSSR count). The number of rotatable bonds is 6. The van der Waals surface area contributed by atoms with Crippen molar-refractivity contribution in [1.82, 2.24) is 15.1 Å². The number of carbonyl (C=O) groups is 1. The molecule has 0 bridgehead atoms. The fourth-order valence-electron chi connectivity index (χ4n) is 4.10. The van der Waals surface area contributed by atoms with Crippen molar-refractivity contribution in [3.63, 3.8) is 0 Å². The van der Waals surface area contributed by atoms with Crippen LogP contribution in [0.1, 0.15) is 43.6 Å². The summed E-state index contributed by atoms with van der Waals surface area (Å²) in [6.07, 6.45) is 3.55. The molecule has 0 N–H and O–H groups in total. The number of carbonyl (C=O) groups excluding carboxylic acids is 1. The maximum Gasteiger partial charge on any atom is 0.247 e. The highest BCUT2D eigenvalue weighted by Crippen LogP contribution is 2.27. The summed E-state index contributed by atoms with van der Waals surface area (Å²) in [5.41, 5.74) is 2.06. The zero-order chi connectivity index (χ0) is 20.1. The van der Waals surface area contributed by atoms with Crippen LogP contribution in [0.25, 0.3) is 11.5 Å². The molecule has 1 saturated heterocycles. The molecule has 0 saturated carbocycles. The van der Waals surface area contributed by atoms with Gasteiger partial charge in [0.2, 0.25) is 17.7 Å². The molecule has 5 heteroatoms. The van der Waals surface area contributed by atoms with Crippen LogP contribution < -0.4 is 0 Å². The Balaban J connectivity index is 1.33. The van der Waals surface area contributed by atoms with Gasteiger partial charge in [0, 0.05) is 25.1 Å². The van der Waals surface area contributed by atoms with Crippen LogP contribution in [0.3, 0.4) is 0 Å². The van der Waals surface area contributed by atoms with Gasteiger partial charge in [0.25, 0.3) is 0 Å². The largest absolute Gasteiger partial charge is 0.421 e. The smallest absolute Gasteiger partial charge is 0.247 e. The highest BCUT2D eigenvalue weighted by molar-refractivity contribution is 5.83. The first-order chi connectivity index (χ1) is 14.2. The Kier molecular flexibility index (Phi) is 6.03. The monoisotopic (exact) mass is 389 g/mol. The van der Waals surface area contributed by atoms with Gasteiger partial charge in [-0.05, 0) is 42.9 Å². The van der Waals surface area contributed by atoms with Gasteiger partial charge in [-0.25, -0.2) is 0 Å². The predicted molar refractivity (Wildman–Crippen MR) is 112 cm³/mol. The average molecular weight is 389 g/mol. The Morgan fingerprint density at radius 2 is 1.69 bits per heavy atom. The Morgan fingerprint density at radius 3 is 2.34 bits per heavy atom. The molecular weight excluding hydrogens is 362 g/mol. The molecule has 0 unspecified atom stereocenters. The number of likely N-dealkylation sites (tertiary alicyclic amines) is 1. The molecular formula is C24H27N3O2. The van der Waals surface area contributed by atoms with E-state index in [0.717, 1.165) is 49.9 Å². The van der Waals surface area contributed by atoms with Gasteiger partial charge in [-0.1, -0.05) is 55.5 Å². The van der Waals surface area contributed by atoms with E-state index in [1.54, 1.807) is 0 Å². The molecule has 1 fully saturated rings. The molecule has 1 amide bonds. The molecule has 2 aromatic carbocycles. The van der Waals surface area contributed by atoms with Gasteiger partial charge in [-0.3, -0.25) is 4.79 Å². The highest BCUT2D eigenvalue weighted by atomic mass is 16.4. The summed E-state index contributed by atoms with van der Waals surface area (Å²) in [7, 11) is 0. The van der Waals surface area contributed by atoms with Crippen LogP contribution in [0, 0.1) is 5.92 Å². The third-order valence-electron chi connectivity index (χ3n) is 5.79. The highest BCUT2D eigenvalue weighted by Gasteiger charge is 2.29. The summed E-state index contributed by atoms with van der Waals surface area (Å²) < 4.78 is 5.86. The van der Waals surface area contributed by atoms with E-state index < -0.39 is 0 Å². The van der Waals surface area contributed by atoms with E-state index in [1.807, 2.05) is 53.4 Å². The molecule has 0 spiro atoms. The molecule has 2 heterocycles. The fraction of sp³-hybridized carbons (Fsp3) is 0.375. The number of hydrogen-bond acceptors (Lipinski definition) is 4. The Labute approximate surface area is 171 Å². The van der Waals surface area contributed by atoms with Gasteiger partial charge in [0.05, 0.1) is 5.92 Å². The second-order valence-electron chi connectivity index (χ2n) is 7.71. The third-order valence-corrected chi connectivity index (χ3v) is 5.79. The first-order valence-electron chi connectivity index (χ1n) is 10.5. The first kappa shape index (κ1) is 19.4. The summed E-state index contributed by atoms with van der Waals surface area (Å²) in [5, 5.41) is 8.41. The van der Waals surface area contributed by atoms with Crippen molar-refractivity contribution in [2.45, 2.75) is 38.5 Å². The van der Waals surface area contributed by atoms with Gasteiger partial charge in [0.15, 0.2) is 0 Å². The maximum atomic E-state index is 13.0. The number of benzene rings is 2. The lowest BCUT2D eigenvalue weighted by Gasteiger charge is -2.34. The quantitative estimate of drug-likeness (QED) is 0.612. The summed E-state index contributed by atoms with van der Waals surface area (Å²) >= 11 is 0. The molecule has 1 aliphatic heterocycles. The van der Waals surface area contributed by atoms with Gasteiger partial charge in [-0.2, -0.15) is 0 Å². The summed E-state index contributed by atoms with van der Waals surface area (Å²) in [6, 6.07) is 19.9. The third kappa shape index (κ3) is 4.56.